The van der Waals surface area contributed by atoms with Crippen molar-refractivity contribution in [2.45, 2.75) is 39.7 Å². The van der Waals surface area contributed by atoms with E-state index < -0.39 is 0 Å². The quantitative estimate of drug-likeness (QED) is 0.639. The van der Waals surface area contributed by atoms with Crippen molar-refractivity contribution in [3.05, 3.63) is 35.9 Å². The third-order valence-corrected chi connectivity index (χ3v) is 3.32. The molecule has 0 saturated heterocycles. The lowest BCUT2D eigenvalue weighted by molar-refractivity contribution is 0.0946. The van der Waals surface area contributed by atoms with Gasteiger partial charge in [0.1, 0.15) is 0 Å². The van der Waals surface area contributed by atoms with E-state index in [9.17, 15) is 0 Å². The van der Waals surface area contributed by atoms with E-state index in [1.54, 1.807) is 0 Å². The van der Waals surface area contributed by atoms with Gasteiger partial charge in [0.25, 0.3) is 0 Å². The Morgan fingerprint density at radius 1 is 1.11 bits per heavy atom. The molecule has 102 valence electrons. The summed E-state index contributed by atoms with van der Waals surface area (Å²) in [6.45, 7) is 8.24. The Kier molecular flexibility index (Phi) is 8.53. The molecule has 2 heteroatoms. The molecule has 18 heavy (non-hydrogen) atoms. The Labute approximate surface area is 112 Å². The van der Waals surface area contributed by atoms with Gasteiger partial charge in [-0.25, -0.2) is 0 Å². The van der Waals surface area contributed by atoms with Crippen LogP contribution in [0.5, 0.6) is 0 Å². The normalized spacial score (nSPS) is 11.1. The van der Waals surface area contributed by atoms with Crippen LogP contribution in [0.3, 0.4) is 0 Å². The van der Waals surface area contributed by atoms with E-state index in [0.29, 0.717) is 0 Å². The van der Waals surface area contributed by atoms with Crippen molar-refractivity contribution in [2.24, 2.45) is 5.92 Å². The third-order valence-electron chi connectivity index (χ3n) is 3.32. The van der Waals surface area contributed by atoms with E-state index in [1.807, 2.05) is 0 Å². The lowest BCUT2D eigenvalue weighted by atomic mass is 10.1. The molecule has 0 saturated carbocycles. The fraction of sp³-hybridized carbons (Fsp3) is 0.625. The second kappa shape index (κ2) is 10.1. The Hall–Kier alpha value is -0.860. The van der Waals surface area contributed by atoms with Crippen LogP contribution in [-0.2, 0) is 11.3 Å². The minimum Gasteiger partial charge on any atom is -0.381 e. The molecule has 1 N–H and O–H groups in total. The Morgan fingerprint density at radius 2 is 1.83 bits per heavy atom. The zero-order chi connectivity index (χ0) is 13.1. The highest BCUT2D eigenvalue weighted by atomic mass is 16.5. The first-order valence-corrected chi connectivity index (χ1v) is 7.19. The summed E-state index contributed by atoms with van der Waals surface area (Å²) in [4.78, 5) is 0. The van der Waals surface area contributed by atoms with Gasteiger partial charge >= 0.3 is 0 Å². The maximum Gasteiger partial charge on any atom is 0.0494 e. The topological polar surface area (TPSA) is 21.3 Å². The van der Waals surface area contributed by atoms with Crippen molar-refractivity contribution in [1.29, 1.82) is 0 Å². The van der Waals surface area contributed by atoms with E-state index in [0.717, 1.165) is 38.6 Å². The molecule has 1 aromatic carbocycles. The molecule has 2 nitrogen and oxygen atoms in total. The Morgan fingerprint density at radius 3 is 2.50 bits per heavy atom. The van der Waals surface area contributed by atoms with Crippen LogP contribution in [0.1, 0.15) is 38.7 Å². The molecule has 1 rings (SSSR count). The number of hydrogen-bond donors (Lipinski definition) is 1. The minimum absolute atomic E-state index is 0.738. The van der Waals surface area contributed by atoms with Gasteiger partial charge in [-0.15, -0.1) is 0 Å². The molecular weight excluding hydrogens is 222 g/mol. The molecule has 0 heterocycles. The standard InChI is InChI=1S/C16H27NO/c1-3-15(4-2)14-18-12-8-11-17-13-16-9-6-5-7-10-16/h5-7,9-10,15,17H,3-4,8,11-14H2,1-2H3. The second-order valence-corrected chi connectivity index (χ2v) is 4.77. The summed E-state index contributed by atoms with van der Waals surface area (Å²) in [5.74, 6) is 0.738. The van der Waals surface area contributed by atoms with Crippen LogP contribution in [0, 0.1) is 5.92 Å². The molecule has 1 aromatic rings. The maximum atomic E-state index is 5.69. The van der Waals surface area contributed by atoms with E-state index in [1.165, 1.54) is 18.4 Å². The van der Waals surface area contributed by atoms with Gasteiger partial charge in [0.15, 0.2) is 0 Å². The second-order valence-electron chi connectivity index (χ2n) is 4.77. The first kappa shape index (κ1) is 15.2. The molecular formula is C16H27NO. The van der Waals surface area contributed by atoms with Crippen LogP contribution in [-0.4, -0.2) is 19.8 Å². The average Bonchev–Trinajstić information content (AvgIpc) is 2.43. The van der Waals surface area contributed by atoms with Crippen molar-refractivity contribution in [3.63, 3.8) is 0 Å². The van der Waals surface area contributed by atoms with E-state index in [4.69, 9.17) is 4.74 Å². The summed E-state index contributed by atoms with van der Waals surface area (Å²) < 4.78 is 5.69. The van der Waals surface area contributed by atoms with Crippen molar-refractivity contribution in [2.75, 3.05) is 19.8 Å². The average molecular weight is 249 g/mol. The van der Waals surface area contributed by atoms with Crippen LogP contribution in [0.15, 0.2) is 30.3 Å². The molecule has 0 aliphatic rings. The fourth-order valence-corrected chi connectivity index (χ4v) is 1.90. The smallest absolute Gasteiger partial charge is 0.0494 e. The van der Waals surface area contributed by atoms with Gasteiger partial charge in [-0.05, 0) is 24.4 Å². The van der Waals surface area contributed by atoms with E-state index in [2.05, 4.69) is 49.5 Å². The highest BCUT2D eigenvalue weighted by molar-refractivity contribution is 5.14. The van der Waals surface area contributed by atoms with Crippen LogP contribution < -0.4 is 5.32 Å². The zero-order valence-corrected chi connectivity index (χ0v) is 11.8. The van der Waals surface area contributed by atoms with Crippen molar-refractivity contribution < 1.29 is 4.74 Å². The van der Waals surface area contributed by atoms with Gasteiger partial charge in [-0.3, -0.25) is 0 Å². The number of ether oxygens (including phenoxy) is 1. The van der Waals surface area contributed by atoms with Gasteiger partial charge in [0.05, 0.1) is 0 Å². The fourth-order valence-electron chi connectivity index (χ4n) is 1.90. The number of nitrogens with one attached hydrogen (secondary N) is 1. The van der Waals surface area contributed by atoms with Crippen LogP contribution in [0.4, 0.5) is 0 Å². The van der Waals surface area contributed by atoms with E-state index >= 15 is 0 Å². The maximum absolute atomic E-state index is 5.69. The SMILES string of the molecule is CCC(CC)COCCCNCc1ccccc1. The molecule has 0 aliphatic heterocycles. The van der Waals surface area contributed by atoms with E-state index in [-0.39, 0.29) is 0 Å². The first-order valence-electron chi connectivity index (χ1n) is 7.19. The summed E-state index contributed by atoms with van der Waals surface area (Å²) in [6, 6.07) is 10.5. The highest BCUT2D eigenvalue weighted by Crippen LogP contribution is 2.07. The van der Waals surface area contributed by atoms with Crippen molar-refractivity contribution >= 4 is 0 Å². The molecule has 0 amide bonds. The number of rotatable bonds is 10. The minimum atomic E-state index is 0.738. The van der Waals surface area contributed by atoms with Gasteiger partial charge in [0.2, 0.25) is 0 Å². The molecule has 0 aliphatic carbocycles. The third kappa shape index (κ3) is 6.77. The summed E-state index contributed by atoms with van der Waals surface area (Å²) in [6.07, 6.45) is 3.54. The molecule has 0 aromatic heterocycles. The molecule has 0 fully saturated rings. The summed E-state index contributed by atoms with van der Waals surface area (Å²) in [7, 11) is 0. The summed E-state index contributed by atoms with van der Waals surface area (Å²) in [5, 5.41) is 3.44. The molecule has 0 radical (unpaired) electrons. The lowest BCUT2D eigenvalue weighted by Crippen LogP contribution is -2.17. The largest absolute Gasteiger partial charge is 0.381 e. The molecule has 0 bridgehead atoms. The summed E-state index contributed by atoms with van der Waals surface area (Å²) >= 11 is 0. The lowest BCUT2D eigenvalue weighted by Gasteiger charge is -2.12. The van der Waals surface area contributed by atoms with Gasteiger partial charge in [-0.2, -0.15) is 0 Å². The molecule has 0 spiro atoms. The predicted octanol–water partition coefficient (Wildman–Crippen LogP) is 3.62. The summed E-state index contributed by atoms with van der Waals surface area (Å²) in [5.41, 5.74) is 1.34. The highest BCUT2D eigenvalue weighted by Gasteiger charge is 2.02. The van der Waals surface area contributed by atoms with Crippen LogP contribution in [0.2, 0.25) is 0 Å². The molecule has 0 atom stereocenters. The molecule has 0 unspecified atom stereocenters. The Bertz CT molecular complexity index is 282. The Balaban J connectivity index is 1.93. The van der Waals surface area contributed by atoms with Gasteiger partial charge < -0.3 is 10.1 Å². The van der Waals surface area contributed by atoms with Crippen molar-refractivity contribution in [3.8, 4) is 0 Å². The number of benzene rings is 1. The van der Waals surface area contributed by atoms with Crippen LogP contribution in [0.25, 0.3) is 0 Å². The predicted molar refractivity (Wildman–Crippen MR) is 77.7 cm³/mol. The van der Waals surface area contributed by atoms with Gasteiger partial charge in [0, 0.05) is 19.8 Å². The first-order chi connectivity index (χ1) is 8.86. The van der Waals surface area contributed by atoms with Crippen molar-refractivity contribution in [1.82, 2.24) is 5.32 Å². The monoisotopic (exact) mass is 249 g/mol. The van der Waals surface area contributed by atoms with Gasteiger partial charge in [-0.1, -0.05) is 57.0 Å². The zero-order valence-electron chi connectivity index (χ0n) is 11.8. The van der Waals surface area contributed by atoms with Crippen LogP contribution >= 0.6 is 0 Å². The number of hydrogen-bond acceptors (Lipinski definition) is 2.